The molecule has 0 bridgehead atoms. The van der Waals surface area contributed by atoms with Crippen LogP contribution in [0.25, 0.3) is 5.69 Å². The van der Waals surface area contributed by atoms with Gasteiger partial charge in [0, 0.05) is 24.8 Å². The molecule has 2 aromatic rings. The van der Waals surface area contributed by atoms with Gasteiger partial charge in [0.25, 0.3) is 0 Å². The number of hydrogen-bond acceptors (Lipinski definition) is 2. The van der Waals surface area contributed by atoms with Crippen LogP contribution < -0.4 is 0 Å². The minimum atomic E-state index is 0.621. The first-order valence-electron chi connectivity index (χ1n) is 3.46. The maximum atomic E-state index is 5.90. The summed E-state index contributed by atoms with van der Waals surface area (Å²) >= 11 is 5.90. The van der Waals surface area contributed by atoms with Gasteiger partial charge in [0.15, 0.2) is 0 Å². The first kappa shape index (κ1) is 7.31. The van der Waals surface area contributed by atoms with Gasteiger partial charge in [0.1, 0.15) is 0 Å². The Hall–Kier alpha value is -1.35. The number of halogens is 1. The summed E-state index contributed by atoms with van der Waals surface area (Å²) in [7, 11) is 0. The van der Waals surface area contributed by atoms with Gasteiger partial charge in [-0.15, -0.1) is 0 Å². The van der Waals surface area contributed by atoms with Crippen molar-refractivity contribution in [1.29, 1.82) is 0 Å². The van der Waals surface area contributed by atoms with E-state index in [4.69, 9.17) is 11.6 Å². The van der Waals surface area contributed by atoms with E-state index < -0.39 is 0 Å². The molecule has 0 saturated carbocycles. The normalized spacial score (nSPS) is 10.1. The van der Waals surface area contributed by atoms with Crippen LogP contribution in [-0.4, -0.2) is 14.5 Å². The maximum Gasteiger partial charge on any atom is 0.0992 e. The van der Waals surface area contributed by atoms with Crippen LogP contribution in [-0.2, 0) is 0 Å². The highest BCUT2D eigenvalue weighted by Gasteiger charge is 1.99. The van der Waals surface area contributed by atoms with Crippen molar-refractivity contribution >= 4 is 11.6 Å². The van der Waals surface area contributed by atoms with Crippen LogP contribution in [0.1, 0.15) is 0 Å². The summed E-state index contributed by atoms with van der Waals surface area (Å²) in [5.41, 5.74) is 0.893. The fraction of sp³-hybridized carbons (Fsp3) is 0. The molecule has 12 heavy (non-hydrogen) atoms. The number of nitrogens with zero attached hydrogens (tertiary/aromatic N) is 3. The van der Waals surface area contributed by atoms with Crippen LogP contribution in [0.2, 0.25) is 5.02 Å². The number of imidazole rings is 1. The van der Waals surface area contributed by atoms with Crippen molar-refractivity contribution in [3.8, 4) is 5.69 Å². The minimum Gasteiger partial charge on any atom is -0.305 e. The third-order valence-corrected chi connectivity index (χ3v) is 1.82. The average molecular weight is 180 g/mol. The van der Waals surface area contributed by atoms with Gasteiger partial charge in [0.2, 0.25) is 0 Å². The minimum absolute atomic E-state index is 0.621. The monoisotopic (exact) mass is 179 g/mol. The van der Waals surface area contributed by atoms with Crippen LogP contribution in [0, 0.1) is 0 Å². The Morgan fingerprint density at radius 1 is 1.25 bits per heavy atom. The summed E-state index contributed by atoms with van der Waals surface area (Å²) in [6.07, 6.45) is 8.54. The molecule has 0 saturated heterocycles. The van der Waals surface area contributed by atoms with Gasteiger partial charge < -0.3 is 4.57 Å². The number of aromatic nitrogens is 3. The van der Waals surface area contributed by atoms with Crippen LogP contribution >= 0.6 is 11.6 Å². The predicted octanol–water partition coefficient (Wildman–Crippen LogP) is 1.92. The van der Waals surface area contributed by atoms with Crippen LogP contribution in [0.5, 0.6) is 0 Å². The van der Waals surface area contributed by atoms with Crippen LogP contribution in [0.4, 0.5) is 0 Å². The predicted molar refractivity (Wildman–Crippen MR) is 46.4 cm³/mol. The average Bonchev–Trinajstić information content (AvgIpc) is 2.57. The molecule has 0 amide bonds. The van der Waals surface area contributed by atoms with E-state index in [0.29, 0.717) is 5.02 Å². The zero-order valence-corrected chi connectivity index (χ0v) is 6.94. The molecule has 0 aromatic carbocycles. The molecule has 3 nitrogen and oxygen atoms in total. The fourth-order valence-electron chi connectivity index (χ4n) is 0.979. The molecule has 2 rings (SSSR count). The van der Waals surface area contributed by atoms with E-state index in [1.807, 2.05) is 16.8 Å². The number of rotatable bonds is 1. The molecule has 0 N–H and O–H groups in total. The Labute approximate surface area is 74.7 Å². The molecule has 0 spiro atoms. The first-order chi connectivity index (χ1) is 5.88. The van der Waals surface area contributed by atoms with Gasteiger partial charge >= 0.3 is 0 Å². The van der Waals surface area contributed by atoms with Gasteiger partial charge in [-0.3, -0.25) is 4.98 Å². The molecule has 0 atom stereocenters. The highest BCUT2D eigenvalue weighted by molar-refractivity contribution is 6.32. The first-order valence-corrected chi connectivity index (χ1v) is 3.83. The molecule has 0 fully saturated rings. The zero-order valence-electron chi connectivity index (χ0n) is 6.18. The van der Waals surface area contributed by atoms with Gasteiger partial charge in [0.05, 0.1) is 17.0 Å². The lowest BCUT2D eigenvalue weighted by molar-refractivity contribution is 1.05. The fourth-order valence-corrected chi connectivity index (χ4v) is 1.20. The van der Waals surface area contributed by atoms with E-state index in [1.54, 1.807) is 24.9 Å². The molecule has 2 heterocycles. The Morgan fingerprint density at radius 2 is 2.17 bits per heavy atom. The second-order valence-electron chi connectivity index (χ2n) is 2.30. The lowest BCUT2D eigenvalue weighted by Crippen LogP contribution is -1.90. The number of pyridine rings is 1. The second kappa shape index (κ2) is 2.95. The summed E-state index contributed by atoms with van der Waals surface area (Å²) in [6.45, 7) is 0. The molecule has 2 aromatic heterocycles. The summed E-state index contributed by atoms with van der Waals surface area (Å²) < 4.78 is 1.84. The Kier molecular flexibility index (Phi) is 1.80. The summed E-state index contributed by atoms with van der Waals surface area (Å²) in [5, 5.41) is 0.621. The smallest absolute Gasteiger partial charge is 0.0992 e. The van der Waals surface area contributed by atoms with Crippen molar-refractivity contribution < 1.29 is 0 Å². The van der Waals surface area contributed by atoms with E-state index in [1.165, 1.54) is 0 Å². The maximum absolute atomic E-state index is 5.90. The van der Waals surface area contributed by atoms with Crippen molar-refractivity contribution in [2.75, 3.05) is 0 Å². The van der Waals surface area contributed by atoms with Crippen molar-refractivity contribution in [3.05, 3.63) is 42.2 Å². The highest BCUT2D eigenvalue weighted by Crippen LogP contribution is 2.17. The van der Waals surface area contributed by atoms with Gasteiger partial charge in [-0.1, -0.05) is 11.6 Å². The van der Waals surface area contributed by atoms with Crippen LogP contribution in [0.15, 0.2) is 37.2 Å². The standard InChI is InChI=1S/C8H6ClN3/c9-7-5-10-2-1-8(7)12-4-3-11-6-12/h1-6H. The molecular weight excluding hydrogens is 174 g/mol. The van der Waals surface area contributed by atoms with E-state index in [-0.39, 0.29) is 0 Å². The Balaban J connectivity index is 2.55. The molecule has 0 unspecified atom stereocenters. The molecule has 0 aliphatic carbocycles. The van der Waals surface area contributed by atoms with Gasteiger partial charge in [-0.2, -0.15) is 0 Å². The van der Waals surface area contributed by atoms with Crippen LogP contribution in [0.3, 0.4) is 0 Å². The Morgan fingerprint density at radius 3 is 2.83 bits per heavy atom. The highest BCUT2D eigenvalue weighted by atomic mass is 35.5. The van der Waals surface area contributed by atoms with Crippen molar-refractivity contribution in [2.24, 2.45) is 0 Å². The van der Waals surface area contributed by atoms with Crippen molar-refractivity contribution in [2.45, 2.75) is 0 Å². The van der Waals surface area contributed by atoms with E-state index >= 15 is 0 Å². The molecule has 0 radical (unpaired) electrons. The summed E-state index contributed by atoms with van der Waals surface area (Å²) in [5.74, 6) is 0. The lowest BCUT2D eigenvalue weighted by Gasteiger charge is -2.02. The third kappa shape index (κ3) is 1.19. The van der Waals surface area contributed by atoms with Gasteiger partial charge in [-0.25, -0.2) is 4.98 Å². The molecule has 0 aliphatic heterocycles. The van der Waals surface area contributed by atoms with E-state index in [0.717, 1.165) is 5.69 Å². The molecule has 0 aliphatic rings. The van der Waals surface area contributed by atoms with E-state index in [2.05, 4.69) is 9.97 Å². The Bertz CT molecular complexity index is 370. The molecular formula is C8H6ClN3. The largest absolute Gasteiger partial charge is 0.305 e. The summed E-state index contributed by atoms with van der Waals surface area (Å²) in [6, 6.07) is 1.84. The summed E-state index contributed by atoms with van der Waals surface area (Å²) in [4.78, 5) is 7.81. The topological polar surface area (TPSA) is 30.7 Å². The molecule has 4 heteroatoms. The van der Waals surface area contributed by atoms with Gasteiger partial charge in [-0.05, 0) is 6.07 Å². The van der Waals surface area contributed by atoms with E-state index in [9.17, 15) is 0 Å². The third-order valence-electron chi connectivity index (χ3n) is 1.53. The quantitative estimate of drug-likeness (QED) is 0.670. The second-order valence-corrected chi connectivity index (χ2v) is 2.70. The SMILES string of the molecule is Clc1cnccc1-n1ccnc1. The zero-order chi connectivity index (χ0) is 8.39. The molecule has 60 valence electrons. The van der Waals surface area contributed by atoms with Crippen molar-refractivity contribution in [3.63, 3.8) is 0 Å². The number of hydrogen-bond donors (Lipinski definition) is 0. The van der Waals surface area contributed by atoms with Crippen molar-refractivity contribution in [1.82, 2.24) is 14.5 Å². The lowest BCUT2D eigenvalue weighted by atomic mass is 10.4.